The lowest BCUT2D eigenvalue weighted by Gasteiger charge is -2.17. The fraction of sp³-hybridized carbons (Fsp3) is 0.389. The van der Waals surface area contributed by atoms with Crippen LogP contribution in [-0.2, 0) is 25.5 Å². The van der Waals surface area contributed by atoms with Crippen LogP contribution < -0.4 is 15.7 Å². The van der Waals surface area contributed by atoms with Gasteiger partial charge in [-0.1, -0.05) is 0 Å². The van der Waals surface area contributed by atoms with Crippen LogP contribution >= 0.6 is 0 Å². The van der Waals surface area contributed by atoms with E-state index in [-0.39, 0.29) is 13.0 Å². The molecule has 0 unspecified atom stereocenters. The number of carbonyl (C=O) groups excluding carboxylic acids is 2. The molecule has 8 nitrogen and oxygen atoms in total. The third kappa shape index (κ3) is 4.82. The van der Waals surface area contributed by atoms with E-state index in [0.717, 1.165) is 0 Å². The van der Waals surface area contributed by atoms with E-state index in [0.29, 0.717) is 28.9 Å². The Balaban J connectivity index is 2.33. The highest BCUT2D eigenvalue weighted by Crippen LogP contribution is 2.23. The van der Waals surface area contributed by atoms with Crippen LogP contribution in [0.1, 0.15) is 12.5 Å². The third-order valence-corrected chi connectivity index (χ3v) is 3.72. The molecule has 0 saturated carbocycles. The molecule has 1 atom stereocenters. The largest absolute Gasteiger partial charge is 0.497 e. The van der Waals surface area contributed by atoms with Gasteiger partial charge in [0, 0.05) is 30.5 Å². The standard InChI is InChI=1S/C18H21NO7/c1-4-25-10-16(20)19-14(18(22)24-3)7-11-8-17(21)26-15-9-12(23-2)5-6-13(11)15/h5-6,8-9,14H,4,7,10H2,1-3H3,(H,19,20)/t14-/m0/s1. The summed E-state index contributed by atoms with van der Waals surface area (Å²) < 4.78 is 20.1. The van der Waals surface area contributed by atoms with Crippen LogP contribution in [0, 0.1) is 0 Å². The highest BCUT2D eigenvalue weighted by Gasteiger charge is 2.23. The van der Waals surface area contributed by atoms with Gasteiger partial charge in [0.05, 0.1) is 14.2 Å². The predicted octanol–water partition coefficient (Wildman–Crippen LogP) is 1.04. The first-order chi connectivity index (χ1) is 12.5. The molecule has 0 fully saturated rings. The highest BCUT2D eigenvalue weighted by molar-refractivity contribution is 5.87. The van der Waals surface area contributed by atoms with E-state index in [1.165, 1.54) is 20.3 Å². The summed E-state index contributed by atoms with van der Waals surface area (Å²) in [6, 6.07) is 5.36. The second kappa shape index (κ2) is 9.00. The summed E-state index contributed by atoms with van der Waals surface area (Å²) in [5.41, 5.74) is 0.312. The number of esters is 1. The molecule has 0 aliphatic rings. The highest BCUT2D eigenvalue weighted by atomic mass is 16.5. The van der Waals surface area contributed by atoms with Gasteiger partial charge in [0.25, 0.3) is 0 Å². The Morgan fingerprint density at radius 1 is 1.23 bits per heavy atom. The Morgan fingerprint density at radius 2 is 2.00 bits per heavy atom. The smallest absolute Gasteiger partial charge is 0.336 e. The molecule has 0 aliphatic heterocycles. The molecule has 0 saturated heterocycles. The number of nitrogens with one attached hydrogen (secondary N) is 1. The van der Waals surface area contributed by atoms with E-state index in [1.54, 1.807) is 25.1 Å². The zero-order valence-corrected chi connectivity index (χ0v) is 14.9. The van der Waals surface area contributed by atoms with Gasteiger partial charge in [-0.05, 0) is 24.6 Å². The van der Waals surface area contributed by atoms with E-state index in [1.807, 2.05) is 0 Å². The van der Waals surface area contributed by atoms with Crippen molar-refractivity contribution in [3.05, 3.63) is 40.2 Å². The minimum atomic E-state index is -0.958. The van der Waals surface area contributed by atoms with Crippen molar-refractivity contribution in [2.24, 2.45) is 0 Å². The quantitative estimate of drug-likeness (QED) is 0.552. The molecule has 1 aromatic heterocycles. The third-order valence-electron chi connectivity index (χ3n) is 3.72. The minimum absolute atomic E-state index is 0.0684. The fourth-order valence-corrected chi connectivity index (χ4v) is 2.49. The number of fused-ring (bicyclic) bond motifs is 1. The van der Waals surface area contributed by atoms with Crippen LogP contribution in [0.15, 0.2) is 33.5 Å². The molecule has 2 rings (SSSR count). The first-order valence-electron chi connectivity index (χ1n) is 8.04. The minimum Gasteiger partial charge on any atom is -0.497 e. The zero-order valence-electron chi connectivity index (χ0n) is 14.9. The van der Waals surface area contributed by atoms with Crippen molar-refractivity contribution in [2.45, 2.75) is 19.4 Å². The monoisotopic (exact) mass is 363 g/mol. The molecule has 2 aromatic rings. The van der Waals surface area contributed by atoms with Crippen LogP contribution in [0.2, 0.25) is 0 Å². The topological polar surface area (TPSA) is 104 Å². The molecule has 140 valence electrons. The second-order valence-corrected chi connectivity index (χ2v) is 5.44. The van der Waals surface area contributed by atoms with Gasteiger partial charge in [-0.2, -0.15) is 0 Å². The SMILES string of the molecule is CCOCC(=O)N[C@@H](Cc1cc(=O)oc2cc(OC)ccc12)C(=O)OC. The maximum atomic E-state index is 12.0. The summed E-state index contributed by atoms with van der Waals surface area (Å²) in [5, 5.41) is 3.20. The van der Waals surface area contributed by atoms with Crippen molar-refractivity contribution < 1.29 is 28.2 Å². The van der Waals surface area contributed by atoms with Crippen LogP contribution in [-0.4, -0.2) is 45.4 Å². The summed E-state index contributed by atoms with van der Waals surface area (Å²) in [7, 11) is 2.73. The maximum Gasteiger partial charge on any atom is 0.336 e. The normalized spacial score (nSPS) is 11.8. The summed E-state index contributed by atoms with van der Waals surface area (Å²) in [6.07, 6.45) is 0.0684. The van der Waals surface area contributed by atoms with Crippen molar-refractivity contribution in [3.63, 3.8) is 0 Å². The van der Waals surface area contributed by atoms with Gasteiger partial charge >= 0.3 is 11.6 Å². The van der Waals surface area contributed by atoms with Crippen molar-refractivity contribution in [1.82, 2.24) is 5.32 Å². The van der Waals surface area contributed by atoms with E-state index >= 15 is 0 Å². The second-order valence-electron chi connectivity index (χ2n) is 5.44. The lowest BCUT2D eigenvalue weighted by Crippen LogP contribution is -2.44. The molecular weight excluding hydrogens is 342 g/mol. The number of hydrogen-bond acceptors (Lipinski definition) is 7. The molecule has 0 radical (unpaired) electrons. The van der Waals surface area contributed by atoms with E-state index in [9.17, 15) is 14.4 Å². The lowest BCUT2D eigenvalue weighted by atomic mass is 10.0. The van der Waals surface area contributed by atoms with Gasteiger partial charge in [0.1, 0.15) is 24.0 Å². The van der Waals surface area contributed by atoms with Crippen molar-refractivity contribution >= 4 is 22.8 Å². The molecule has 26 heavy (non-hydrogen) atoms. The van der Waals surface area contributed by atoms with Gasteiger partial charge in [-0.25, -0.2) is 9.59 Å². The molecular formula is C18H21NO7. The molecule has 0 spiro atoms. The van der Waals surface area contributed by atoms with Crippen molar-refractivity contribution in [2.75, 3.05) is 27.4 Å². The van der Waals surface area contributed by atoms with E-state index < -0.39 is 23.5 Å². The zero-order chi connectivity index (χ0) is 19.1. The summed E-state index contributed by atoms with van der Waals surface area (Å²) in [5.74, 6) is -0.534. The number of hydrogen-bond donors (Lipinski definition) is 1. The first kappa shape index (κ1) is 19.5. The van der Waals surface area contributed by atoms with Gasteiger partial charge in [0.15, 0.2) is 0 Å². The number of carbonyl (C=O) groups is 2. The van der Waals surface area contributed by atoms with Crippen LogP contribution in [0.5, 0.6) is 5.75 Å². The average molecular weight is 363 g/mol. The Hall–Kier alpha value is -2.87. The molecule has 1 heterocycles. The van der Waals surface area contributed by atoms with Crippen molar-refractivity contribution in [1.29, 1.82) is 0 Å². The first-order valence-corrected chi connectivity index (χ1v) is 8.04. The van der Waals surface area contributed by atoms with Gasteiger partial charge in [-0.15, -0.1) is 0 Å². The summed E-state index contributed by atoms with van der Waals surface area (Å²) in [4.78, 5) is 35.8. The van der Waals surface area contributed by atoms with Crippen molar-refractivity contribution in [3.8, 4) is 5.75 Å². The molecule has 0 aliphatic carbocycles. The number of rotatable bonds is 8. The molecule has 1 aromatic carbocycles. The lowest BCUT2D eigenvalue weighted by molar-refractivity contribution is -0.145. The Labute approximate surface area is 150 Å². The van der Waals surface area contributed by atoms with Gasteiger partial charge in [0.2, 0.25) is 5.91 Å². The van der Waals surface area contributed by atoms with Gasteiger partial charge < -0.3 is 23.9 Å². The van der Waals surface area contributed by atoms with E-state index in [4.69, 9.17) is 18.6 Å². The number of ether oxygens (including phenoxy) is 3. The summed E-state index contributed by atoms with van der Waals surface area (Å²) >= 11 is 0. The van der Waals surface area contributed by atoms with Gasteiger partial charge in [-0.3, -0.25) is 4.79 Å². The molecule has 1 N–H and O–H groups in total. The Kier molecular flexibility index (Phi) is 6.74. The van der Waals surface area contributed by atoms with E-state index in [2.05, 4.69) is 5.32 Å². The number of benzene rings is 1. The Morgan fingerprint density at radius 3 is 2.65 bits per heavy atom. The summed E-state index contributed by atoms with van der Waals surface area (Å²) in [6.45, 7) is 1.97. The maximum absolute atomic E-state index is 12.0. The molecule has 1 amide bonds. The average Bonchev–Trinajstić information content (AvgIpc) is 2.64. The molecule has 0 bridgehead atoms. The molecule has 8 heteroatoms. The van der Waals surface area contributed by atoms with Crippen LogP contribution in [0.25, 0.3) is 11.0 Å². The Bertz CT molecular complexity index is 843. The number of amides is 1. The van der Waals surface area contributed by atoms with Crippen LogP contribution in [0.4, 0.5) is 0 Å². The number of methoxy groups -OCH3 is 2. The fourth-order valence-electron chi connectivity index (χ4n) is 2.49. The predicted molar refractivity (Wildman–Crippen MR) is 93.2 cm³/mol. The van der Waals surface area contributed by atoms with Crippen LogP contribution in [0.3, 0.4) is 0 Å².